The fourth-order valence-electron chi connectivity index (χ4n) is 2.42. The monoisotopic (exact) mass is 282 g/mol. The molecular weight excluding hydrogens is 264 g/mol. The number of benzene rings is 2. The van der Waals surface area contributed by atoms with E-state index in [4.69, 9.17) is 4.98 Å². The number of hydrogen-bond donors (Lipinski definition) is 1. The highest BCUT2D eigenvalue weighted by Gasteiger charge is 2.13. The lowest BCUT2D eigenvalue weighted by Gasteiger charge is -2.16. The summed E-state index contributed by atoms with van der Waals surface area (Å²) in [6.45, 7) is 3.11. The Hall–Kier alpha value is -1.71. The fourth-order valence-corrected chi connectivity index (χ4v) is 3.43. The lowest BCUT2D eigenvalue weighted by molar-refractivity contribution is 0.549. The van der Waals surface area contributed by atoms with Gasteiger partial charge in [0.15, 0.2) is 0 Å². The fraction of sp³-hybridized carbons (Fsp3) is 0.235. The number of likely N-dealkylation sites (N-methyl/N-ethyl adjacent to an activating group) is 1. The minimum absolute atomic E-state index is 0.335. The van der Waals surface area contributed by atoms with Crippen molar-refractivity contribution in [1.82, 2.24) is 10.3 Å². The molecule has 20 heavy (non-hydrogen) atoms. The highest BCUT2D eigenvalue weighted by Crippen LogP contribution is 2.26. The zero-order valence-corrected chi connectivity index (χ0v) is 12.4. The van der Waals surface area contributed by atoms with Gasteiger partial charge in [0, 0.05) is 12.5 Å². The Morgan fingerprint density at radius 1 is 1.05 bits per heavy atom. The van der Waals surface area contributed by atoms with Crippen LogP contribution in [0.3, 0.4) is 0 Å². The van der Waals surface area contributed by atoms with E-state index in [1.807, 2.05) is 6.07 Å². The molecule has 1 unspecified atom stereocenters. The first-order chi connectivity index (χ1) is 9.86. The topological polar surface area (TPSA) is 24.9 Å². The van der Waals surface area contributed by atoms with Gasteiger partial charge in [-0.15, -0.1) is 11.3 Å². The summed E-state index contributed by atoms with van der Waals surface area (Å²) in [6.07, 6.45) is 0.942. The summed E-state index contributed by atoms with van der Waals surface area (Å²) in [5, 5.41) is 4.75. The van der Waals surface area contributed by atoms with Gasteiger partial charge >= 0.3 is 0 Å². The summed E-state index contributed by atoms with van der Waals surface area (Å²) in [4.78, 5) is 4.74. The summed E-state index contributed by atoms with van der Waals surface area (Å²) in [6, 6.07) is 19.3. The summed E-state index contributed by atoms with van der Waals surface area (Å²) in [7, 11) is 0. The lowest BCUT2D eigenvalue weighted by atomic mass is 10.0. The molecule has 0 saturated heterocycles. The van der Waals surface area contributed by atoms with Gasteiger partial charge in [-0.2, -0.15) is 0 Å². The molecule has 3 heteroatoms. The Bertz CT molecular complexity index is 643. The first-order valence-electron chi connectivity index (χ1n) is 6.99. The number of fused-ring (bicyclic) bond motifs is 1. The van der Waals surface area contributed by atoms with E-state index in [0.29, 0.717) is 6.04 Å². The van der Waals surface area contributed by atoms with Crippen LogP contribution in [0.2, 0.25) is 0 Å². The maximum Gasteiger partial charge on any atom is 0.0957 e. The molecule has 1 N–H and O–H groups in total. The third-order valence-electron chi connectivity index (χ3n) is 3.37. The molecule has 1 atom stereocenters. The van der Waals surface area contributed by atoms with Gasteiger partial charge in [0.2, 0.25) is 0 Å². The number of rotatable bonds is 5. The largest absolute Gasteiger partial charge is 0.310 e. The molecule has 0 spiro atoms. The first kappa shape index (κ1) is 13.3. The van der Waals surface area contributed by atoms with E-state index in [9.17, 15) is 0 Å². The average Bonchev–Trinajstić information content (AvgIpc) is 2.90. The number of nitrogens with zero attached hydrogens (tertiary/aromatic N) is 1. The van der Waals surface area contributed by atoms with Gasteiger partial charge in [-0.1, -0.05) is 49.4 Å². The van der Waals surface area contributed by atoms with Crippen LogP contribution in [-0.2, 0) is 6.42 Å². The van der Waals surface area contributed by atoms with E-state index in [1.165, 1.54) is 15.3 Å². The van der Waals surface area contributed by atoms with Crippen LogP contribution in [0, 0.1) is 0 Å². The van der Waals surface area contributed by atoms with E-state index in [-0.39, 0.29) is 0 Å². The van der Waals surface area contributed by atoms with E-state index in [1.54, 1.807) is 11.3 Å². The number of nitrogens with one attached hydrogen (secondary N) is 1. The second-order valence-corrected chi connectivity index (χ2v) is 5.92. The number of hydrogen-bond acceptors (Lipinski definition) is 3. The molecule has 0 radical (unpaired) electrons. The maximum atomic E-state index is 4.74. The predicted octanol–water partition coefficient (Wildman–Crippen LogP) is 4.19. The van der Waals surface area contributed by atoms with Crippen molar-refractivity contribution in [2.45, 2.75) is 19.4 Å². The predicted molar refractivity (Wildman–Crippen MR) is 86.2 cm³/mol. The zero-order chi connectivity index (χ0) is 13.8. The molecule has 0 aliphatic heterocycles. The first-order valence-corrected chi connectivity index (χ1v) is 7.81. The quantitative estimate of drug-likeness (QED) is 0.759. The second-order valence-electron chi connectivity index (χ2n) is 4.80. The Morgan fingerprint density at radius 3 is 2.55 bits per heavy atom. The van der Waals surface area contributed by atoms with Crippen LogP contribution in [0.5, 0.6) is 0 Å². The molecule has 3 rings (SSSR count). The number of para-hydroxylation sites is 1. The van der Waals surface area contributed by atoms with Crippen molar-refractivity contribution >= 4 is 21.6 Å². The third kappa shape index (κ3) is 2.89. The molecule has 0 saturated carbocycles. The van der Waals surface area contributed by atoms with Gasteiger partial charge in [0.05, 0.1) is 15.2 Å². The Balaban J connectivity index is 1.86. The van der Waals surface area contributed by atoms with E-state index < -0.39 is 0 Å². The van der Waals surface area contributed by atoms with Crippen LogP contribution in [0.25, 0.3) is 10.2 Å². The highest BCUT2D eigenvalue weighted by atomic mass is 32.1. The molecular formula is C17H18N2S. The number of thiazole rings is 1. The van der Waals surface area contributed by atoms with Crippen LogP contribution in [0.4, 0.5) is 0 Å². The van der Waals surface area contributed by atoms with Crippen molar-refractivity contribution in [2.24, 2.45) is 0 Å². The smallest absolute Gasteiger partial charge is 0.0957 e. The minimum Gasteiger partial charge on any atom is -0.310 e. The second kappa shape index (κ2) is 6.16. The van der Waals surface area contributed by atoms with Crippen LogP contribution in [0.1, 0.15) is 23.5 Å². The molecule has 0 amide bonds. The number of aromatic nitrogens is 1. The Morgan fingerprint density at radius 2 is 1.80 bits per heavy atom. The Labute approximate surface area is 123 Å². The highest BCUT2D eigenvalue weighted by molar-refractivity contribution is 7.18. The standard InChI is InChI=1S/C17H18N2S/c1-2-18-15(13-8-4-3-5-9-13)12-17-19-14-10-6-7-11-16(14)20-17/h3-11,15,18H,2,12H2,1H3. The zero-order valence-electron chi connectivity index (χ0n) is 11.5. The van der Waals surface area contributed by atoms with Crippen LogP contribution >= 0.6 is 11.3 Å². The molecule has 102 valence electrons. The van der Waals surface area contributed by atoms with E-state index in [2.05, 4.69) is 60.8 Å². The lowest BCUT2D eigenvalue weighted by Crippen LogP contribution is -2.22. The van der Waals surface area contributed by atoms with Gasteiger partial charge in [0.25, 0.3) is 0 Å². The molecule has 0 aliphatic rings. The molecule has 1 heterocycles. The minimum atomic E-state index is 0.335. The summed E-state index contributed by atoms with van der Waals surface area (Å²) < 4.78 is 1.27. The third-order valence-corrected chi connectivity index (χ3v) is 4.43. The summed E-state index contributed by atoms with van der Waals surface area (Å²) in [5.74, 6) is 0. The molecule has 2 nitrogen and oxygen atoms in total. The summed E-state index contributed by atoms with van der Waals surface area (Å²) >= 11 is 1.80. The maximum absolute atomic E-state index is 4.74. The average molecular weight is 282 g/mol. The SMILES string of the molecule is CCNC(Cc1nc2ccccc2s1)c1ccccc1. The molecule has 0 aliphatic carbocycles. The van der Waals surface area contributed by atoms with Crippen molar-refractivity contribution in [3.63, 3.8) is 0 Å². The van der Waals surface area contributed by atoms with Gasteiger partial charge < -0.3 is 5.32 Å². The molecule has 3 aromatic rings. The van der Waals surface area contributed by atoms with Crippen molar-refractivity contribution in [1.29, 1.82) is 0 Å². The van der Waals surface area contributed by atoms with Gasteiger partial charge in [0.1, 0.15) is 0 Å². The van der Waals surface area contributed by atoms with Crippen molar-refractivity contribution in [3.8, 4) is 0 Å². The van der Waals surface area contributed by atoms with Crippen LogP contribution in [-0.4, -0.2) is 11.5 Å². The van der Waals surface area contributed by atoms with Gasteiger partial charge in [-0.3, -0.25) is 0 Å². The van der Waals surface area contributed by atoms with Crippen molar-refractivity contribution < 1.29 is 0 Å². The van der Waals surface area contributed by atoms with Crippen molar-refractivity contribution in [3.05, 3.63) is 65.2 Å². The van der Waals surface area contributed by atoms with Gasteiger partial charge in [-0.05, 0) is 24.2 Å². The Kier molecular flexibility index (Phi) is 4.09. The molecule has 1 aromatic heterocycles. The van der Waals surface area contributed by atoms with Crippen LogP contribution < -0.4 is 5.32 Å². The molecule has 0 fully saturated rings. The van der Waals surface area contributed by atoms with E-state index in [0.717, 1.165) is 18.5 Å². The molecule has 2 aromatic carbocycles. The van der Waals surface area contributed by atoms with E-state index >= 15 is 0 Å². The van der Waals surface area contributed by atoms with Crippen molar-refractivity contribution in [2.75, 3.05) is 6.54 Å². The van der Waals surface area contributed by atoms with Crippen LogP contribution in [0.15, 0.2) is 54.6 Å². The molecule has 0 bridgehead atoms. The van der Waals surface area contributed by atoms with Gasteiger partial charge in [-0.25, -0.2) is 4.98 Å². The normalized spacial score (nSPS) is 12.7. The summed E-state index contributed by atoms with van der Waals surface area (Å²) in [5.41, 5.74) is 2.43.